The van der Waals surface area contributed by atoms with Crippen LogP contribution in [0, 0.1) is 5.92 Å². The summed E-state index contributed by atoms with van der Waals surface area (Å²) in [6.07, 6.45) is 2.81. The molecule has 0 fully saturated rings. The van der Waals surface area contributed by atoms with E-state index in [1.807, 2.05) is 62.8 Å². The van der Waals surface area contributed by atoms with Crippen molar-refractivity contribution < 1.29 is 4.79 Å². The molecule has 0 N–H and O–H groups in total. The summed E-state index contributed by atoms with van der Waals surface area (Å²) in [5.74, 6) is 0.211. The van der Waals surface area contributed by atoms with Crippen LogP contribution in [0.1, 0.15) is 15.9 Å². The van der Waals surface area contributed by atoms with Gasteiger partial charge in [0.25, 0.3) is 0 Å². The molecule has 0 unspecified atom stereocenters. The first-order valence-corrected chi connectivity index (χ1v) is 8.69. The summed E-state index contributed by atoms with van der Waals surface area (Å²) in [5, 5.41) is 0. The van der Waals surface area contributed by atoms with Crippen LogP contribution in [0.15, 0.2) is 59.5 Å². The number of ketones is 1. The van der Waals surface area contributed by atoms with Gasteiger partial charge in [-0.2, -0.15) is 0 Å². The predicted octanol–water partition coefficient (Wildman–Crippen LogP) is 4.01. The van der Waals surface area contributed by atoms with Gasteiger partial charge in [-0.3, -0.25) is 4.79 Å². The van der Waals surface area contributed by atoms with Crippen LogP contribution < -0.4 is 0 Å². The zero-order valence-corrected chi connectivity index (χ0v) is 14.3. The second-order valence-electron chi connectivity index (χ2n) is 5.75. The van der Waals surface area contributed by atoms with Gasteiger partial charge in [-0.15, -0.1) is 11.8 Å². The maximum atomic E-state index is 12.9. The molecule has 0 aliphatic carbocycles. The predicted molar refractivity (Wildman–Crippen MR) is 94.7 cm³/mol. The van der Waals surface area contributed by atoms with Crippen LogP contribution in [0.3, 0.4) is 0 Å². The van der Waals surface area contributed by atoms with Crippen LogP contribution in [0.2, 0.25) is 0 Å². The average molecular weight is 313 g/mol. The molecule has 0 amide bonds. The first-order chi connectivity index (χ1) is 10.6. The van der Waals surface area contributed by atoms with Gasteiger partial charge in [-0.25, -0.2) is 0 Å². The number of carbonyl (C=O) groups is 1. The van der Waals surface area contributed by atoms with Crippen molar-refractivity contribution in [3.05, 3.63) is 65.7 Å². The van der Waals surface area contributed by atoms with Gasteiger partial charge in [0.15, 0.2) is 5.78 Å². The largest absolute Gasteiger partial charge is 0.309 e. The molecule has 22 heavy (non-hydrogen) atoms. The fourth-order valence-corrected chi connectivity index (χ4v) is 3.05. The van der Waals surface area contributed by atoms with Crippen LogP contribution in [0.25, 0.3) is 0 Å². The van der Waals surface area contributed by atoms with Crippen molar-refractivity contribution >= 4 is 17.5 Å². The van der Waals surface area contributed by atoms with Crippen molar-refractivity contribution in [1.82, 2.24) is 4.90 Å². The summed E-state index contributed by atoms with van der Waals surface area (Å²) >= 11 is 1.67. The first kappa shape index (κ1) is 16.8. The summed E-state index contributed by atoms with van der Waals surface area (Å²) in [4.78, 5) is 16.1. The lowest BCUT2D eigenvalue weighted by Gasteiger charge is -2.20. The minimum Gasteiger partial charge on any atom is -0.309 e. The molecule has 0 bridgehead atoms. The number of hydrogen-bond acceptors (Lipinski definition) is 3. The average Bonchev–Trinajstić information content (AvgIpc) is 2.54. The molecule has 0 saturated carbocycles. The Morgan fingerprint density at radius 3 is 2.45 bits per heavy atom. The van der Waals surface area contributed by atoms with E-state index in [9.17, 15) is 4.79 Å². The third-order valence-corrected chi connectivity index (χ3v) is 4.36. The molecule has 3 heteroatoms. The Morgan fingerprint density at radius 1 is 1.09 bits per heavy atom. The molecule has 116 valence electrons. The van der Waals surface area contributed by atoms with E-state index in [0.29, 0.717) is 0 Å². The molecule has 0 radical (unpaired) electrons. The topological polar surface area (TPSA) is 20.3 Å². The van der Waals surface area contributed by atoms with E-state index in [2.05, 4.69) is 17.0 Å². The Labute approximate surface area is 137 Å². The molecule has 0 aliphatic heterocycles. The van der Waals surface area contributed by atoms with Crippen LogP contribution >= 0.6 is 11.8 Å². The molecule has 2 nitrogen and oxygen atoms in total. The SMILES string of the molecule is CSc1cccc(C(=O)[C@@H](Cc2ccccc2)CN(C)C)c1. The van der Waals surface area contributed by atoms with E-state index >= 15 is 0 Å². The van der Waals surface area contributed by atoms with Gasteiger partial charge in [-0.05, 0) is 44.5 Å². The lowest BCUT2D eigenvalue weighted by Crippen LogP contribution is -2.29. The Morgan fingerprint density at radius 2 is 1.82 bits per heavy atom. The molecule has 0 aromatic heterocycles. The van der Waals surface area contributed by atoms with Gasteiger partial charge in [-0.1, -0.05) is 42.5 Å². The van der Waals surface area contributed by atoms with E-state index in [-0.39, 0.29) is 11.7 Å². The molecular weight excluding hydrogens is 290 g/mol. The van der Waals surface area contributed by atoms with Crippen LogP contribution in [-0.4, -0.2) is 37.6 Å². The molecule has 2 aromatic rings. The molecule has 2 rings (SSSR count). The van der Waals surface area contributed by atoms with E-state index in [4.69, 9.17) is 0 Å². The maximum Gasteiger partial charge on any atom is 0.167 e. The number of Topliss-reactive ketones (excluding diaryl/α,β-unsaturated/α-hetero) is 1. The van der Waals surface area contributed by atoms with E-state index in [1.165, 1.54) is 5.56 Å². The molecule has 0 saturated heterocycles. The van der Waals surface area contributed by atoms with Crippen molar-refractivity contribution in [2.75, 3.05) is 26.9 Å². The highest BCUT2D eigenvalue weighted by molar-refractivity contribution is 7.98. The van der Waals surface area contributed by atoms with Gasteiger partial charge in [0, 0.05) is 22.9 Å². The fourth-order valence-electron chi connectivity index (χ4n) is 2.59. The summed E-state index contributed by atoms with van der Waals surface area (Å²) in [6.45, 7) is 0.761. The molecule has 2 aromatic carbocycles. The Balaban J connectivity index is 2.22. The first-order valence-electron chi connectivity index (χ1n) is 7.47. The number of carbonyl (C=O) groups excluding carboxylic acids is 1. The van der Waals surface area contributed by atoms with Gasteiger partial charge in [0.1, 0.15) is 0 Å². The quantitative estimate of drug-likeness (QED) is 0.569. The normalized spacial score (nSPS) is 12.4. The highest BCUT2D eigenvalue weighted by Crippen LogP contribution is 2.20. The number of hydrogen-bond donors (Lipinski definition) is 0. The summed E-state index contributed by atoms with van der Waals surface area (Å²) < 4.78 is 0. The minimum absolute atomic E-state index is 0.0190. The molecular formula is C19H23NOS. The van der Waals surface area contributed by atoms with Gasteiger partial charge < -0.3 is 4.90 Å². The van der Waals surface area contributed by atoms with Crippen molar-refractivity contribution in [1.29, 1.82) is 0 Å². The van der Waals surface area contributed by atoms with Crippen LogP contribution in [0.4, 0.5) is 0 Å². The number of thioether (sulfide) groups is 1. The minimum atomic E-state index is -0.0190. The Kier molecular flexibility index (Phi) is 6.22. The molecule has 0 aliphatic rings. The lowest BCUT2D eigenvalue weighted by atomic mass is 9.91. The smallest absolute Gasteiger partial charge is 0.167 e. The van der Waals surface area contributed by atoms with Gasteiger partial charge >= 0.3 is 0 Å². The van der Waals surface area contributed by atoms with Crippen molar-refractivity contribution in [2.24, 2.45) is 5.92 Å². The van der Waals surface area contributed by atoms with Crippen molar-refractivity contribution in [3.8, 4) is 0 Å². The number of benzene rings is 2. The summed E-state index contributed by atoms with van der Waals surface area (Å²) in [6, 6.07) is 18.2. The summed E-state index contributed by atoms with van der Waals surface area (Å²) in [7, 11) is 4.03. The molecule has 1 atom stereocenters. The zero-order chi connectivity index (χ0) is 15.9. The second kappa shape index (κ2) is 8.16. The van der Waals surface area contributed by atoms with Crippen LogP contribution in [0.5, 0.6) is 0 Å². The Bertz CT molecular complexity index is 610. The lowest BCUT2D eigenvalue weighted by molar-refractivity contribution is 0.0896. The Hall–Kier alpha value is -1.58. The van der Waals surface area contributed by atoms with Crippen molar-refractivity contribution in [2.45, 2.75) is 11.3 Å². The molecule has 0 heterocycles. The van der Waals surface area contributed by atoms with E-state index in [1.54, 1.807) is 11.8 Å². The third kappa shape index (κ3) is 4.72. The third-order valence-electron chi connectivity index (χ3n) is 3.64. The second-order valence-corrected chi connectivity index (χ2v) is 6.62. The van der Waals surface area contributed by atoms with Crippen LogP contribution in [-0.2, 0) is 6.42 Å². The summed E-state index contributed by atoms with van der Waals surface area (Å²) in [5.41, 5.74) is 2.03. The zero-order valence-electron chi connectivity index (χ0n) is 13.5. The highest BCUT2D eigenvalue weighted by Gasteiger charge is 2.21. The van der Waals surface area contributed by atoms with E-state index < -0.39 is 0 Å². The standard InChI is InChI=1S/C19H23NOS/c1-20(2)14-17(12-15-8-5-4-6-9-15)19(21)16-10-7-11-18(13-16)22-3/h4-11,13,17H,12,14H2,1-3H3/t17-/m0/s1. The number of rotatable bonds is 7. The number of nitrogens with zero attached hydrogens (tertiary/aromatic N) is 1. The van der Waals surface area contributed by atoms with Gasteiger partial charge in [0.05, 0.1) is 0 Å². The maximum absolute atomic E-state index is 12.9. The molecule has 0 spiro atoms. The van der Waals surface area contributed by atoms with Crippen molar-refractivity contribution in [3.63, 3.8) is 0 Å². The monoisotopic (exact) mass is 313 g/mol. The highest BCUT2D eigenvalue weighted by atomic mass is 32.2. The van der Waals surface area contributed by atoms with E-state index in [0.717, 1.165) is 23.4 Å². The van der Waals surface area contributed by atoms with Gasteiger partial charge in [0.2, 0.25) is 0 Å². The fraction of sp³-hybridized carbons (Fsp3) is 0.316.